The first kappa shape index (κ1) is 15.1. The van der Waals surface area contributed by atoms with E-state index >= 15 is 0 Å². The molecule has 0 aromatic heterocycles. The quantitative estimate of drug-likeness (QED) is 0.875. The second-order valence-electron chi connectivity index (χ2n) is 5.21. The van der Waals surface area contributed by atoms with Gasteiger partial charge in [0.1, 0.15) is 0 Å². The molecule has 3 N–H and O–H groups in total. The Morgan fingerprint density at radius 3 is 3.05 bits per heavy atom. The molecule has 0 spiro atoms. The van der Waals surface area contributed by atoms with Gasteiger partial charge in [0, 0.05) is 35.9 Å². The second kappa shape index (κ2) is 6.95. The number of hydrogen-bond donors (Lipinski definition) is 2. The van der Waals surface area contributed by atoms with Crippen LogP contribution < -0.4 is 16.0 Å². The van der Waals surface area contributed by atoms with E-state index in [1.54, 1.807) is 0 Å². The number of nitrogens with one attached hydrogen (secondary N) is 1. The Hall–Kier alpha value is -1.26. The molecular formula is C15H22ClN3O. The number of nitrogens with zero attached hydrogens (tertiary/aromatic N) is 1. The summed E-state index contributed by atoms with van der Waals surface area (Å²) in [6, 6.07) is 5.94. The number of anilines is 1. The average Bonchev–Trinajstić information content (AvgIpc) is 2.46. The summed E-state index contributed by atoms with van der Waals surface area (Å²) in [5.41, 5.74) is 7.67. The highest BCUT2D eigenvalue weighted by atomic mass is 35.5. The van der Waals surface area contributed by atoms with Crippen LogP contribution in [0, 0.1) is 5.92 Å². The van der Waals surface area contributed by atoms with Crippen LogP contribution in [0.25, 0.3) is 0 Å². The van der Waals surface area contributed by atoms with Crippen LogP contribution in [-0.4, -0.2) is 25.5 Å². The van der Waals surface area contributed by atoms with Gasteiger partial charge < -0.3 is 16.0 Å². The number of nitrogens with two attached hydrogens (primary N) is 1. The highest BCUT2D eigenvalue weighted by molar-refractivity contribution is 6.31. The van der Waals surface area contributed by atoms with Crippen LogP contribution in [0.15, 0.2) is 18.2 Å². The van der Waals surface area contributed by atoms with E-state index in [2.05, 4.69) is 23.2 Å². The molecule has 0 aliphatic carbocycles. The van der Waals surface area contributed by atoms with E-state index in [0.29, 0.717) is 6.54 Å². The molecule has 5 heteroatoms. The number of benzene rings is 1. The predicted octanol–water partition coefficient (Wildman–Crippen LogP) is 2.15. The summed E-state index contributed by atoms with van der Waals surface area (Å²) >= 11 is 6.32. The number of carbonyl (C=O) groups excluding carboxylic acids is 1. The summed E-state index contributed by atoms with van der Waals surface area (Å²) in [4.78, 5) is 13.6. The largest absolute Gasteiger partial charge is 0.370 e. The van der Waals surface area contributed by atoms with Crippen molar-refractivity contribution < 1.29 is 4.79 Å². The number of piperidine rings is 1. The van der Waals surface area contributed by atoms with Crippen molar-refractivity contribution in [1.29, 1.82) is 0 Å². The van der Waals surface area contributed by atoms with Crippen molar-refractivity contribution in [1.82, 2.24) is 5.32 Å². The number of primary amides is 1. The van der Waals surface area contributed by atoms with E-state index in [-0.39, 0.29) is 11.8 Å². The lowest BCUT2D eigenvalue weighted by Gasteiger charge is -2.34. The minimum Gasteiger partial charge on any atom is -0.370 e. The third kappa shape index (κ3) is 3.44. The maximum atomic E-state index is 11.4. The monoisotopic (exact) mass is 295 g/mol. The number of rotatable bonds is 5. The average molecular weight is 296 g/mol. The van der Waals surface area contributed by atoms with Crippen molar-refractivity contribution in [3.63, 3.8) is 0 Å². The summed E-state index contributed by atoms with van der Waals surface area (Å²) in [5.74, 6) is -0.264. The molecular weight excluding hydrogens is 274 g/mol. The van der Waals surface area contributed by atoms with Gasteiger partial charge in [-0.15, -0.1) is 0 Å². The molecule has 1 unspecified atom stereocenters. The lowest BCUT2D eigenvalue weighted by atomic mass is 9.96. The van der Waals surface area contributed by atoms with E-state index < -0.39 is 0 Å². The molecule has 1 aliphatic rings. The molecule has 2 rings (SSSR count). The molecule has 1 fully saturated rings. The van der Waals surface area contributed by atoms with Crippen LogP contribution in [0.3, 0.4) is 0 Å². The molecule has 1 aromatic rings. The molecule has 1 aliphatic heterocycles. The molecule has 4 nitrogen and oxygen atoms in total. The van der Waals surface area contributed by atoms with Gasteiger partial charge in [-0.2, -0.15) is 0 Å². The number of amides is 1. The molecule has 0 bridgehead atoms. The summed E-state index contributed by atoms with van der Waals surface area (Å²) in [5, 5.41) is 4.08. The fourth-order valence-electron chi connectivity index (χ4n) is 2.70. The fourth-order valence-corrected chi connectivity index (χ4v) is 2.93. The first-order chi connectivity index (χ1) is 9.63. The zero-order chi connectivity index (χ0) is 14.5. The Balaban J connectivity index is 2.22. The lowest BCUT2D eigenvalue weighted by Crippen LogP contribution is -2.41. The van der Waals surface area contributed by atoms with Gasteiger partial charge in [-0.1, -0.05) is 24.6 Å². The van der Waals surface area contributed by atoms with Crippen molar-refractivity contribution >= 4 is 23.2 Å². The Labute approximate surface area is 125 Å². The Bertz CT molecular complexity index is 478. The standard InChI is InChI=1S/C15H22ClN3O/c1-2-18-9-12-13(16)6-3-7-14(12)19-8-4-5-11(10-19)15(17)20/h3,6-7,11,18H,2,4-5,8-10H2,1H3,(H2,17,20). The Morgan fingerprint density at radius 1 is 1.55 bits per heavy atom. The molecule has 0 saturated carbocycles. The number of hydrogen-bond acceptors (Lipinski definition) is 3. The van der Waals surface area contributed by atoms with Crippen molar-refractivity contribution in [2.75, 3.05) is 24.5 Å². The van der Waals surface area contributed by atoms with Crippen molar-refractivity contribution in [3.8, 4) is 0 Å². The topological polar surface area (TPSA) is 58.4 Å². The van der Waals surface area contributed by atoms with E-state index in [1.807, 2.05) is 12.1 Å². The molecule has 20 heavy (non-hydrogen) atoms. The van der Waals surface area contributed by atoms with Gasteiger partial charge in [-0.3, -0.25) is 4.79 Å². The van der Waals surface area contributed by atoms with E-state index in [4.69, 9.17) is 17.3 Å². The second-order valence-corrected chi connectivity index (χ2v) is 5.61. The van der Waals surface area contributed by atoms with Crippen LogP contribution in [0.1, 0.15) is 25.3 Å². The van der Waals surface area contributed by atoms with Gasteiger partial charge in [0.2, 0.25) is 5.91 Å². The maximum Gasteiger partial charge on any atom is 0.222 e. The summed E-state index contributed by atoms with van der Waals surface area (Å²) in [6.07, 6.45) is 1.87. The molecule has 110 valence electrons. The molecule has 1 aromatic carbocycles. The fraction of sp³-hybridized carbons (Fsp3) is 0.533. The highest BCUT2D eigenvalue weighted by Crippen LogP contribution is 2.30. The normalized spacial score (nSPS) is 19.1. The summed E-state index contributed by atoms with van der Waals surface area (Å²) < 4.78 is 0. The van der Waals surface area contributed by atoms with Crippen molar-refractivity contribution in [3.05, 3.63) is 28.8 Å². The zero-order valence-electron chi connectivity index (χ0n) is 11.9. The van der Waals surface area contributed by atoms with Gasteiger partial charge in [-0.25, -0.2) is 0 Å². The minimum atomic E-state index is -0.204. The summed E-state index contributed by atoms with van der Waals surface area (Å²) in [6.45, 7) is 5.34. The third-order valence-electron chi connectivity index (χ3n) is 3.81. The number of carbonyl (C=O) groups is 1. The van der Waals surface area contributed by atoms with Gasteiger partial charge in [0.15, 0.2) is 0 Å². The molecule has 1 heterocycles. The third-order valence-corrected chi connectivity index (χ3v) is 4.16. The smallest absolute Gasteiger partial charge is 0.222 e. The zero-order valence-corrected chi connectivity index (χ0v) is 12.6. The predicted molar refractivity (Wildman–Crippen MR) is 83.0 cm³/mol. The Kier molecular flexibility index (Phi) is 5.26. The van der Waals surface area contributed by atoms with Crippen molar-refractivity contribution in [2.45, 2.75) is 26.3 Å². The van der Waals surface area contributed by atoms with Gasteiger partial charge in [0.05, 0.1) is 5.92 Å². The van der Waals surface area contributed by atoms with E-state index in [9.17, 15) is 4.79 Å². The molecule has 0 radical (unpaired) electrons. The first-order valence-electron chi connectivity index (χ1n) is 7.15. The minimum absolute atomic E-state index is 0.0604. The maximum absolute atomic E-state index is 11.4. The van der Waals surface area contributed by atoms with E-state index in [1.165, 1.54) is 0 Å². The summed E-state index contributed by atoms with van der Waals surface area (Å²) in [7, 11) is 0. The SMILES string of the molecule is CCNCc1c(Cl)cccc1N1CCCC(C(N)=O)C1. The van der Waals surface area contributed by atoms with Crippen LogP contribution in [0.4, 0.5) is 5.69 Å². The van der Waals surface area contributed by atoms with Crippen LogP contribution >= 0.6 is 11.6 Å². The van der Waals surface area contributed by atoms with Gasteiger partial charge >= 0.3 is 0 Å². The van der Waals surface area contributed by atoms with Gasteiger partial charge in [0.25, 0.3) is 0 Å². The van der Waals surface area contributed by atoms with Gasteiger partial charge in [-0.05, 0) is 31.5 Å². The molecule has 1 atom stereocenters. The van der Waals surface area contributed by atoms with Crippen LogP contribution in [0.5, 0.6) is 0 Å². The van der Waals surface area contributed by atoms with Crippen LogP contribution in [-0.2, 0) is 11.3 Å². The Morgan fingerprint density at radius 2 is 2.35 bits per heavy atom. The molecule has 1 saturated heterocycles. The lowest BCUT2D eigenvalue weighted by molar-refractivity contribution is -0.122. The van der Waals surface area contributed by atoms with Crippen molar-refractivity contribution in [2.24, 2.45) is 11.7 Å². The van der Waals surface area contributed by atoms with E-state index in [0.717, 1.165) is 48.7 Å². The molecule has 1 amide bonds. The number of halogens is 1. The highest BCUT2D eigenvalue weighted by Gasteiger charge is 2.25. The first-order valence-corrected chi connectivity index (χ1v) is 7.53. The van der Waals surface area contributed by atoms with Crippen LogP contribution in [0.2, 0.25) is 5.02 Å².